The highest BCUT2D eigenvalue weighted by Gasteiger charge is 2.26. The number of hydrogen-bond donors (Lipinski definition) is 4. The average molecular weight is 995 g/mol. The smallest absolute Gasteiger partial charge is 0.258 e. The van der Waals surface area contributed by atoms with Crippen LogP contribution in [0.3, 0.4) is 0 Å². The van der Waals surface area contributed by atoms with Crippen LogP contribution in [0.1, 0.15) is 45.7 Å². The van der Waals surface area contributed by atoms with E-state index >= 15 is 0 Å². The summed E-state index contributed by atoms with van der Waals surface area (Å²) in [4.78, 5) is 78.5. The number of Topliss-reactive ketones (excluding diaryl/α,β-unsaturated/α-hetero) is 2. The number of anilines is 4. The predicted molar refractivity (Wildman–Crippen MR) is 258 cm³/mol. The molecule has 0 heterocycles. The second kappa shape index (κ2) is 24.9. The van der Waals surface area contributed by atoms with Crippen LogP contribution in [0.2, 0.25) is 10.0 Å². The Kier molecular flexibility index (Phi) is 19.1. The molecule has 0 saturated carbocycles. The van der Waals surface area contributed by atoms with Gasteiger partial charge in [0.1, 0.15) is 12.4 Å². The van der Waals surface area contributed by atoms with Crippen molar-refractivity contribution >= 4 is 127 Å². The number of rotatable bonds is 21. The Morgan fingerprint density at radius 2 is 1.02 bits per heavy atom. The van der Waals surface area contributed by atoms with Crippen LogP contribution in [-0.2, 0) is 32.0 Å². The molecule has 5 aromatic rings. The first-order chi connectivity index (χ1) is 31.6. The van der Waals surface area contributed by atoms with Crippen LogP contribution in [-0.4, -0.2) is 71.5 Å². The number of nitrogens with zero attached hydrogens (tertiary/aromatic N) is 4. The van der Waals surface area contributed by atoms with Crippen molar-refractivity contribution in [1.29, 1.82) is 0 Å². The number of carbonyl (C=O) groups excluding carboxylic acids is 6. The van der Waals surface area contributed by atoms with Gasteiger partial charge in [0.15, 0.2) is 11.6 Å². The molecule has 4 N–H and O–H groups in total. The van der Waals surface area contributed by atoms with Crippen molar-refractivity contribution in [3.63, 3.8) is 0 Å². The molecule has 66 heavy (non-hydrogen) atoms. The molecular weight excluding hydrogens is 954 g/mol. The Balaban J connectivity index is 1.28. The summed E-state index contributed by atoms with van der Waals surface area (Å²) in [7, 11) is 0. The summed E-state index contributed by atoms with van der Waals surface area (Å²) in [5.41, 5.74) is 3.66. The molecule has 0 saturated heterocycles. The van der Waals surface area contributed by atoms with Crippen molar-refractivity contribution < 1.29 is 33.5 Å². The van der Waals surface area contributed by atoms with E-state index in [0.717, 1.165) is 25.0 Å². The molecule has 5 rings (SSSR count). The molecule has 0 aliphatic carbocycles. The minimum atomic E-state index is -1.64. The van der Waals surface area contributed by atoms with E-state index in [0.29, 0.717) is 36.0 Å². The second-order valence-electron chi connectivity index (χ2n) is 14.3. The van der Waals surface area contributed by atoms with Crippen molar-refractivity contribution in [3.05, 3.63) is 135 Å². The molecule has 0 spiro atoms. The maximum Gasteiger partial charge on any atom is 0.258 e. The molecule has 15 nitrogen and oxygen atoms in total. The topological polar surface area (TPSA) is 209 Å². The Hall–Kier alpha value is -6.23. The fourth-order valence-electron chi connectivity index (χ4n) is 6.03. The second-order valence-corrected chi connectivity index (χ2v) is 16.3. The monoisotopic (exact) mass is 992 g/mol. The lowest BCUT2D eigenvalue weighted by molar-refractivity contribution is -0.127. The SMILES string of the molecule is CC(=O)C(N=Nc1cc(Cl)cc(C(=O)Nc2cccc(CCCl)c2)c1)C(=O)Nc1ccc(NC(=O)C(N=Nc2cc(Cl)cc(C(=O)Nc3cccc(CCCl)c3)c2)C(C)=O)c(OCCCl)c1. The molecule has 4 amide bonds. The molecule has 0 aromatic heterocycles. The Labute approximate surface area is 404 Å². The predicted octanol–water partition coefficient (Wildman–Crippen LogP) is 11.0. The van der Waals surface area contributed by atoms with Gasteiger partial charge in [0.05, 0.1) is 22.9 Å². The fourth-order valence-corrected chi connectivity index (χ4v) is 7.00. The third kappa shape index (κ3) is 15.2. The highest BCUT2D eigenvalue weighted by Crippen LogP contribution is 2.30. The molecule has 0 bridgehead atoms. The highest BCUT2D eigenvalue weighted by atomic mass is 35.5. The van der Waals surface area contributed by atoms with Crippen LogP contribution < -0.4 is 26.0 Å². The van der Waals surface area contributed by atoms with Gasteiger partial charge in [-0.25, -0.2) is 0 Å². The van der Waals surface area contributed by atoms with E-state index in [2.05, 4.69) is 41.7 Å². The normalized spacial score (nSPS) is 12.0. The summed E-state index contributed by atoms with van der Waals surface area (Å²) in [6, 6.07) is 23.8. The van der Waals surface area contributed by atoms with E-state index in [1.165, 1.54) is 54.6 Å². The molecule has 2 atom stereocenters. The van der Waals surface area contributed by atoms with Crippen LogP contribution in [0.4, 0.5) is 34.1 Å². The maximum absolute atomic E-state index is 13.5. The summed E-state index contributed by atoms with van der Waals surface area (Å²) < 4.78 is 5.74. The standard InChI is InChI=1S/C46H41Cl5N8O7/c1-26(60)41(58-56-37-21-30(19-32(50)23-37)43(62)52-34-7-3-5-28(17-34)11-13-47)45(64)54-36-9-10-39(40(25-36)66-16-15-49)55-46(65)42(27(2)61)59-57-38-22-31(20-33(51)24-38)44(63)53-35-8-4-6-29(18-35)12-14-48/h3-10,17-25,41-42H,11-16H2,1-2H3,(H,52,62)(H,53,63)(H,54,64)(H,55,65). The number of amides is 4. The van der Waals surface area contributed by atoms with Crippen LogP contribution >= 0.6 is 58.0 Å². The fraction of sp³-hybridized carbons (Fsp3) is 0.217. The van der Waals surface area contributed by atoms with Gasteiger partial charge in [-0.05, 0) is 111 Å². The number of alkyl halides is 3. The molecular formula is C46H41Cl5N8O7. The zero-order valence-corrected chi connectivity index (χ0v) is 39.0. The Morgan fingerprint density at radius 3 is 1.47 bits per heavy atom. The van der Waals surface area contributed by atoms with E-state index in [-0.39, 0.29) is 62.2 Å². The average Bonchev–Trinajstić information content (AvgIpc) is 3.26. The van der Waals surface area contributed by atoms with Crippen LogP contribution in [0, 0.1) is 0 Å². The van der Waals surface area contributed by atoms with Gasteiger partial charge in [0, 0.05) is 56.1 Å². The summed E-state index contributed by atoms with van der Waals surface area (Å²) in [5.74, 6) is -3.10. The minimum Gasteiger partial charge on any atom is -0.490 e. The number of nitrogens with one attached hydrogen (secondary N) is 4. The van der Waals surface area contributed by atoms with Crippen molar-refractivity contribution in [2.45, 2.75) is 38.8 Å². The van der Waals surface area contributed by atoms with Crippen molar-refractivity contribution in [2.75, 3.05) is 45.5 Å². The number of ether oxygens (including phenoxy) is 1. The van der Waals surface area contributed by atoms with Gasteiger partial charge in [-0.15, -0.1) is 34.8 Å². The number of azo groups is 2. The summed E-state index contributed by atoms with van der Waals surface area (Å²) in [6.07, 6.45) is 1.24. The van der Waals surface area contributed by atoms with Gasteiger partial charge in [0.2, 0.25) is 12.1 Å². The quantitative estimate of drug-likeness (QED) is 0.0317. The first kappa shape index (κ1) is 50.8. The van der Waals surface area contributed by atoms with Crippen molar-refractivity contribution in [2.24, 2.45) is 20.5 Å². The lowest BCUT2D eigenvalue weighted by atomic mass is 10.1. The minimum absolute atomic E-state index is 0.0223. The number of aryl methyl sites for hydroxylation is 2. The molecule has 0 radical (unpaired) electrons. The zero-order valence-electron chi connectivity index (χ0n) is 35.2. The van der Waals surface area contributed by atoms with E-state index in [1.807, 2.05) is 12.1 Å². The Morgan fingerprint density at radius 1 is 0.545 bits per heavy atom. The van der Waals surface area contributed by atoms with Gasteiger partial charge >= 0.3 is 0 Å². The molecule has 0 fully saturated rings. The molecule has 342 valence electrons. The first-order valence-corrected chi connectivity index (χ1v) is 22.3. The van der Waals surface area contributed by atoms with Gasteiger partial charge in [-0.3, -0.25) is 28.8 Å². The number of hydrogen-bond acceptors (Lipinski definition) is 11. The lowest BCUT2D eigenvalue weighted by Crippen LogP contribution is -2.32. The van der Waals surface area contributed by atoms with E-state index < -0.39 is 47.3 Å². The number of ketones is 2. The van der Waals surface area contributed by atoms with Crippen LogP contribution in [0.15, 0.2) is 124 Å². The summed E-state index contributed by atoms with van der Waals surface area (Å²) in [5, 5.41) is 27.1. The summed E-state index contributed by atoms with van der Waals surface area (Å²) >= 11 is 30.2. The van der Waals surface area contributed by atoms with Crippen LogP contribution in [0.5, 0.6) is 5.75 Å². The van der Waals surface area contributed by atoms with Crippen molar-refractivity contribution in [3.8, 4) is 5.75 Å². The number of carbonyl (C=O) groups is 6. The molecule has 0 aliphatic rings. The molecule has 0 aliphatic heterocycles. The zero-order chi connectivity index (χ0) is 47.8. The van der Waals surface area contributed by atoms with E-state index in [4.69, 9.17) is 62.7 Å². The largest absolute Gasteiger partial charge is 0.490 e. The summed E-state index contributed by atoms with van der Waals surface area (Å²) in [6.45, 7) is 2.28. The third-order valence-corrected chi connectivity index (χ3v) is 10.1. The van der Waals surface area contributed by atoms with Crippen LogP contribution in [0.25, 0.3) is 0 Å². The molecule has 20 heteroatoms. The van der Waals surface area contributed by atoms with E-state index in [1.54, 1.807) is 36.4 Å². The molecule has 5 aromatic carbocycles. The van der Waals surface area contributed by atoms with Crippen molar-refractivity contribution in [1.82, 2.24) is 0 Å². The van der Waals surface area contributed by atoms with Gasteiger partial charge in [0.25, 0.3) is 23.6 Å². The van der Waals surface area contributed by atoms with E-state index in [9.17, 15) is 28.8 Å². The first-order valence-electron chi connectivity index (χ1n) is 20.0. The molecule has 2 unspecified atom stereocenters. The number of benzene rings is 5. The van der Waals surface area contributed by atoms with Gasteiger partial charge in [-0.1, -0.05) is 47.5 Å². The maximum atomic E-state index is 13.5. The van der Waals surface area contributed by atoms with Gasteiger partial charge in [-0.2, -0.15) is 20.5 Å². The van der Waals surface area contributed by atoms with Gasteiger partial charge < -0.3 is 26.0 Å². The lowest BCUT2D eigenvalue weighted by Gasteiger charge is -2.16. The third-order valence-electron chi connectivity index (χ3n) is 9.11. The highest BCUT2D eigenvalue weighted by molar-refractivity contribution is 6.31. The Bertz CT molecular complexity index is 2680. The number of halogens is 5.